The van der Waals surface area contributed by atoms with Crippen molar-refractivity contribution < 1.29 is 18.3 Å². The second-order valence-electron chi connectivity index (χ2n) is 4.44. The van der Waals surface area contributed by atoms with Gasteiger partial charge in [-0.1, -0.05) is 6.07 Å². The summed E-state index contributed by atoms with van der Waals surface area (Å²) in [5.41, 5.74) is 2.50. The minimum absolute atomic E-state index is 0.467. The van der Waals surface area contributed by atoms with E-state index in [1.165, 1.54) is 19.3 Å². The molecule has 0 aliphatic rings. The molecule has 0 aliphatic carbocycles. The molecular weight excluding hydrogens is 276 g/mol. The topological polar surface area (TPSA) is 39.2 Å². The molecule has 0 unspecified atom stereocenters. The first-order valence-corrected chi connectivity index (χ1v) is 6.18. The minimum Gasteiger partial charge on any atom is -0.466 e. The van der Waals surface area contributed by atoms with Crippen LogP contribution in [0.5, 0.6) is 0 Å². The summed E-state index contributed by atoms with van der Waals surface area (Å²) in [6.45, 7) is 1.74. The second-order valence-corrected chi connectivity index (χ2v) is 4.44. The number of ether oxygens (including phenoxy) is 1. The lowest BCUT2D eigenvalue weighted by atomic mass is 10.0. The summed E-state index contributed by atoms with van der Waals surface area (Å²) in [6, 6.07) is 5.39. The summed E-state index contributed by atoms with van der Waals surface area (Å²) >= 11 is 0. The zero-order valence-electron chi connectivity index (χ0n) is 11.6. The van der Waals surface area contributed by atoms with Crippen molar-refractivity contribution in [3.05, 3.63) is 59.9 Å². The number of halogens is 2. The number of hydrogen-bond donors (Lipinski definition) is 0. The Kier molecular flexibility index (Phi) is 4.42. The van der Waals surface area contributed by atoms with E-state index in [0.717, 1.165) is 12.1 Å². The molecule has 0 saturated heterocycles. The third-order valence-corrected chi connectivity index (χ3v) is 2.98. The number of carbonyl (C=O) groups excluding carboxylic acids is 1. The van der Waals surface area contributed by atoms with Gasteiger partial charge in [-0.3, -0.25) is 4.98 Å². The highest BCUT2D eigenvalue weighted by molar-refractivity contribution is 5.91. The molecule has 0 saturated carbocycles. The summed E-state index contributed by atoms with van der Waals surface area (Å²) in [6.07, 6.45) is 4.46. The number of rotatable bonds is 3. The Morgan fingerprint density at radius 1 is 1.14 bits per heavy atom. The van der Waals surface area contributed by atoms with Gasteiger partial charge in [-0.2, -0.15) is 0 Å². The highest BCUT2D eigenvalue weighted by atomic mass is 19.2. The molecule has 108 valence electrons. The number of benzene rings is 1. The molecule has 2 aromatic rings. The average Bonchev–Trinajstić information content (AvgIpc) is 2.50. The number of aromatic nitrogens is 1. The van der Waals surface area contributed by atoms with Crippen LogP contribution in [0.15, 0.2) is 42.7 Å². The van der Waals surface area contributed by atoms with E-state index >= 15 is 0 Å². The maximum absolute atomic E-state index is 13.3. The van der Waals surface area contributed by atoms with Gasteiger partial charge in [0, 0.05) is 24.0 Å². The summed E-state index contributed by atoms with van der Waals surface area (Å²) in [5.74, 6) is -2.28. The fraction of sp³-hybridized carbons (Fsp3) is 0.125. The number of pyridine rings is 1. The smallest absolute Gasteiger partial charge is 0.330 e. The van der Waals surface area contributed by atoms with Crippen LogP contribution in [0.2, 0.25) is 0 Å². The highest BCUT2D eigenvalue weighted by Gasteiger charge is 2.07. The lowest BCUT2D eigenvalue weighted by Gasteiger charge is -2.06. The lowest BCUT2D eigenvalue weighted by molar-refractivity contribution is -0.134. The van der Waals surface area contributed by atoms with Crippen LogP contribution in [0.1, 0.15) is 12.5 Å². The van der Waals surface area contributed by atoms with Crippen molar-refractivity contribution in [2.24, 2.45) is 0 Å². The molecule has 5 heteroatoms. The molecule has 3 nitrogen and oxygen atoms in total. The molecular formula is C16H13F2NO2. The maximum atomic E-state index is 13.3. The van der Waals surface area contributed by atoms with Gasteiger partial charge in [-0.05, 0) is 41.8 Å². The van der Waals surface area contributed by atoms with Crippen LogP contribution < -0.4 is 0 Å². The Hall–Kier alpha value is -2.56. The SMILES string of the molecule is COC(=O)/C=C(\C)c1cncc(-c2ccc(F)c(F)c2)c1. The molecule has 1 heterocycles. The van der Waals surface area contributed by atoms with Crippen LogP contribution in [0.3, 0.4) is 0 Å². The maximum Gasteiger partial charge on any atom is 0.330 e. The van der Waals surface area contributed by atoms with Crippen molar-refractivity contribution in [1.82, 2.24) is 4.98 Å². The first-order chi connectivity index (χ1) is 10.0. The Bertz CT molecular complexity index is 711. The number of allylic oxidation sites excluding steroid dienone is 1. The normalized spacial score (nSPS) is 11.3. The van der Waals surface area contributed by atoms with Crippen LogP contribution in [-0.4, -0.2) is 18.1 Å². The van der Waals surface area contributed by atoms with Gasteiger partial charge in [0.1, 0.15) is 0 Å². The number of esters is 1. The van der Waals surface area contributed by atoms with Crippen LogP contribution in [0.4, 0.5) is 8.78 Å². The monoisotopic (exact) mass is 289 g/mol. The predicted molar refractivity (Wildman–Crippen MR) is 75.3 cm³/mol. The van der Waals surface area contributed by atoms with Crippen LogP contribution in [0.25, 0.3) is 16.7 Å². The molecule has 0 bridgehead atoms. The zero-order chi connectivity index (χ0) is 15.4. The molecule has 1 aromatic carbocycles. The van der Waals surface area contributed by atoms with E-state index < -0.39 is 17.6 Å². The van der Waals surface area contributed by atoms with E-state index in [1.54, 1.807) is 25.4 Å². The summed E-state index contributed by atoms with van der Waals surface area (Å²) in [5, 5.41) is 0. The van der Waals surface area contributed by atoms with Crippen molar-refractivity contribution in [3.8, 4) is 11.1 Å². The molecule has 0 amide bonds. The molecule has 0 radical (unpaired) electrons. The van der Waals surface area contributed by atoms with Gasteiger partial charge < -0.3 is 4.74 Å². The number of nitrogens with zero attached hydrogens (tertiary/aromatic N) is 1. The first-order valence-electron chi connectivity index (χ1n) is 6.18. The standard InChI is InChI=1S/C16H13F2NO2/c1-10(5-16(20)21-2)12-6-13(9-19-8-12)11-3-4-14(17)15(18)7-11/h3-9H,1-2H3/b10-5+. The minimum atomic E-state index is -0.917. The van der Waals surface area contributed by atoms with E-state index in [0.29, 0.717) is 22.3 Å². The quantitative estimate of drug-likeness (QED) is 0.640. The van der Waals surface area contributed by atoms with E-state index in [1.807, 2.05) is 0 Å². The largest absolute Gasteiger partial charge is 0.466 e. The van der Waals surface area contributed by atoms with Gasteiger partial charge in [0.15, 0.2) is 11.6 Å². The zero-order valence-corrected chi connectivity index (χ0v) is 11.6. The molecule has 0 aliphatic heterocycles. The van der Waals surface area contributed by atoms with Crippen molar-refractivity contribution in [3.63, 3.8) is 0 Å². The van der Waals surface area contributed by atoms with Crippen LogP contribution in [-0.2, 0) is 9.53 Å². The Labute approximate surface area is 120 Å². The van der Waals surface area contributed by atoms with Crippen LogP contribution >= 0.6 is 0 Å². The predicted octanol–water partition coefficient (Wildman–Crippen LogP) is 3.60. The summed E-state index contributed by atoms with van der Waals surface area (Å²) in [4.78, 5) is 15.3. The fourth-order valence-electron chi connectivity index (χ4n) is 1.81. The lowest BCUT2D eigenvalue weighted by Crippen LogP contribution is -1.96. The third-order valence-electron chi connectivity index (χ3n) is 2.98. The van der Waals surface area contributed by atoms with Gasteiger partial charge in [-0.25, -0.2) is 13.6 Å². The number of methoxy groups -OCH3 is 1. The fourth-order valence-corrected chi connectivity index (χ4v) is 1.81. The Morgan fingerprint density at radius 3 is 2.57 bits per heavy atom. The molecule has 0 N–H and O–H groups in total. The highest BCUT2D eigenvalue weighted by Crippen LogP contribution is 2.24. The van der Waals surface area contributed by atoms with Crippen molar-refractivity contribution in [1.29, 1.82) is 0 Å². The van der Waals surface area contributed by atoms with Crippen LogP contribution in [0, 0.1) is 11.6 Å². The van der Waals surface area contributed by atoms with Gasteiger partial charge in [0.05, 0.1) is 7.11 Å². The number of hydrogen-bond acceptors (Lipinski definition) is 3. The third kappa shape index (κ3) is 3.51. The van der Waals surface area contributed by atoms with Crippen molar-refractivity contribution in [2.45, 2.75) is 6.92 Å². The Morgan fingerprint density at radius 2 is 1.90 bits per heavy atom. The molecule has 0 spiro atoms. The molecule has 0 atom stereocenters. The van der Waals surface area contributed by atoms with E-state index in [4.69, 9.17) is 0 Å². The molecule has 21 heavy (non-hydrogen) atoms. The van der Waals surface area contributed by atoms with Gasteiger partial charge in [-0.15, -0.1) is 0 Å². The summed E-state index contributed by atoms with van der Waals surface area (Å²) in [7, 11) is 1.29. The Balaban J connectivity index is 2.39. The molecule has 0 fully saturated rings. The second kappa shape index (κ2) is 6.26. The average molecular weight is 289 g/mol. The van der Waals surface area contributed by atoms with E-state index in [9.17, 15) is 13.6 Å². The molecule has 1 aromatic heterocycles. The van der Waals surface area contributed by atoms with Crippen molar-refractivity contribution in [2.75, 3.05) is 7.11 Å². The first kappa shape index (κ1) is 14.8. The van der Waals surface area contributed by atoms with Gasteiger partial charge in [0.25, 0.3) is 0 Å². The molecule has 2 rings (SSSR count). The summed E-state index contributed by atoms with van der Waals surface area (Å²) < 4.78 is 30.8. The van der Waals surface area contributed by atoms with Gasteiger partial charge in [0.2, 0.25) is 0 Å². The number of carbonyl (C=O) groups is 1. The van der Waals surface area contributed by atoms with E-state index in [2.05, 4.69) is 9.72 Å². The van der Waals surface area contributed by atoms with Crippen molar-refractivity contribution >= 4 is 11.5 Å². The van der Waals surface area contributed by atoms with E-state index in [-0.39, 0.29) is 0 Å². The van der Waals surface area contributed by atoms with Gasteiger partial charge >= 0.3 is 5.97 Å².